The van der Waals surface area contributed by atoms with E-state index in [1.54, 1.807) is 7.11 Å². The van der Waals surface area contributed by atoms with Crippen LogP contribution in [0.5, 0.6) is 5.75 Å². The first-order valence-electron chi connectivity index (χ1n) is 6.35. The number of carbonyl (C=O) groups excluding carboxylic acids is 1. The quantitative estimate of drug-likeness (QED) is 0.779. The highest BCUT2D eigenvalue weighted by molar-refractivity contribution is 8.45. The number of hydrogen-bond acceptors (Lipinski definition) is 5. The molecule has 1 aliphatic heterocycles. The Kier molecular flexibility index (Phi) is 4.03. The minimum absolute atomic E-state index is 0.0191. The van der Waals surface area contributed by atoms with Gasteiger partial charge in [-0.15, -0.1) is 11.8 Å². The second-order valence-electron chi connectivity index (χ2n) is 4.40. The number of nitrogens with zero attached hydrogens (tertiary/aromatic N) is 1. The fourth-order valence-electron chi connectivity index (χ4n) is 2.22. The lowest BCUT2D eigenvalue weighted by atomic mass is 10.0. The number of benzene rings is 2. The average Bonchev–Trinajstić information content (AvgIpc) is 2.88. The molecule has 0 saturated heterocycles. The van der Waals surface area contributed by atoms with E-state index in [2.05, 4.69) is 4.99 Å². The molecule has 106 valence electrons. The van der Waals surface area contributed by atoms with Crippen molar-refractivity contribution in [2.75, 3.05) is 13.4 Å². The molecule has 0 fully saturated rings. The van der Waals surface area contributed by atoms with Crippen molar-refractivity contribution in [2.45, 2.75) is 0 Å². The summed E-state index contributed by atoms with van der Waals surface area (Å²) in [5, 5.41) is 2.14. The second kappa shape index (κ2) is 5.95. The first-order chi connectivity index (χ1) is 10.2. The van der Waals surface area contributed by atoms with Crippen molar-refractivity contribution in [3.8, 4) is 5.75 Å². The molecule has 0 N–H and O–H groups in total. The van der Waals surface area contributed by atoms with Gasteiger partial charge in [0.05, 0.1) is 7.11 Å². The Bertz CT molecular complexity index is 781. The van der Waals surface area contributed by atoms with Gasteiger partial charge in [0, 0.05) is 5.56 Å². The minimum atomic E-state index is -0.0191. The van der Waals surface area contributed by atoms with Crippen LogP contribution in [0.25, 0.3) is 16.8 Å². The van der Waals surface area contributed by atoms with Gasteiger partial charge in [0.1, 0.15) is 15.8 Å². The molecule has 0 radical (unpaired) electrons. The molecule has 0 bridgehead atoms. The van der Waals surface area contributed by atoms with E-state index in [-0.39, 0.29) is 5.12 Å². The van der Waals surface area contributed by atoms with Gasteiger partial charge in [0.25, 0.3) is 0 Å². The summed E-state index contributed by atoms with van der Waals surface area (Å²) in [7, 11) is 1.63. The van der Waals surface area contributed by atoms with Crippen LogP contribution in [0.1, 0.15) is 5.56 Å². The molecule has 0 aliphatic carbocycles. The van der Waals surface area contributed by atoms with E-state index < -0.39 is 0 Å². The van der Waals surface area contributed by atoms with E-state index in [1.165, 1.54) is 23.5 Å². The van der Waals surface area contributed by atoms with Crippen molar-refractivity contribution in [1.82, 2.24) is 0 Å². The van der Waals surface area contributed by atoms with Gasteiger partial charge in [-0.2, -0.15) is 0 Å². The summed E-state index contributed by atoms with van der Waals surface area (Å²) in [5.41, 5.74) is 1.37. The van der Waals surface area contributed by atoms with E-state index in [9.17, 15) is 4.79 Å². The fourth-order valence-corrected chi connectivity index (χ4v) is 3.48. The van der Waals surface area contributed by atoms with Crippen molar-refractivity contribution in [1.29, 1.82) is 0 Å². The molecule has 1 heterocycles. The van der Waals surface area contributed by atoms with Crippen LogP contribution in [0.15, 0.2) is 47.1 Å². The summed E-state index contributed by atoms with van der Waals surface area (Å²) in [6, 6.07) is 12.0. The second-order valence-corrected chi connectivity index (χ2v) is 6.42. The summed E-state index contributed by atoms with van der Waals surface area (Å²) in [5.74, 6) is 0.742. The van der Waals surface area contributed by atoms with Gasteiger partial charge in [-0.05, 0) is 40.9 Å². The van der Waals surface area contributed by atoms with E-state index in [1.807, 2.05) is 48.7 Å². The Labute approximate surface area is 131 Å². The van der Waals surface area contributed by atoms with Gasteiger partial charge in [-0.1, -0.05) is 30.3 Å². The van der Waals surface area contributed by atoms with Crippen LogP contribution < -0.4 is 4.74 Å². The lowest BCUT2D eigenvalue weighted by Gasteiger charge is -2.09. The summed E-state index contributed by atoms with van der Waals surface area (Å²) >= 11 is 2.66. The molecule has 3 nitrogen and oxygen atoms in total. The summed E-state index contributed by atoms with van der Waals surface area (Å²) in [6.45, 7) is 0. The maximum absolute atomic E-state index is 12.0. The van der Waals surface area contributed by atoms with Crippen LogP contribution in [-0.2, 0) is 4.79 Å². The molecule has 0 amide bonds. The zero-order valence-electron chi connectivity index (χ0n) is 11.6. The molecule has 0 atom stereocenters. The highest BCUT2D eigenvalue weighted by Gasteiger charge is 2.22. The molecular formula is C16H13NO2S2. The maximum Gasteiger partial charge on any atom is 0.244 e. The first-order valence-corrected chi connectivity index (χ1v) is 8.39. The lowest BCUT2D eigenvalue weighted by Crippen LogP contribution is -1.92. The molecule has 21 heavy (non-hydrogen) atoms. The highest BCUT2D eigenvalue weighted by Crippen LogP contribution is 2.34. The molecule has 0 spiro atoms. The van der Waals surface area contributed by atoms with Gasteiger partial charge in [-0.3, -0.25) is 4.79 Å². The topological polar surface area (TPSA) is 38.7 Å². The molecule has 3 rings (SSSR count). The molecular weight excluding hydrogens is 302 g/mol. The van der Waals surface area contributed by atoms with E-state index in [4.69, 9.17) is 4.74 Å². The predicted octanol–water partition coefficient (Wildman–Crippen LogP) is 4.18. The number of fused-ring (bicyclic) bond motifs is 1. The summed E-state index contributed by atoms with van der Waals surface area (Å²) in [6.07, 6.45) is 3.74. The number of rotatable bonds is 2. The number of methoxy groups -OCH3 is 1. The molecule has 1 aliphatic rings. The van der Waals surface area contributed by atoms with Crippen LogP contribution in [0.4, 0.5) is 0 Å². The third-order valence-electron chi connectivity index (χ3n) is 3.21. The van der Waals surface area contributed by atoms with E-state index >= 15 is 0 Å². The van der Waals surface area contributed by atoms with Gasteiger partial charge in [0.15, 0.2) is 0 Å². The molecule has 2 aromatic rings. The smallest absolute Gasteiger partial charge is 0.244 e. The van der Waals surface area contributed by atoms with Gasteiger partial charge < -0.3 is 4.74 Å². The summed E-state index contributed by atoms with van der Waals surface area (Å²) in [4.78, 5) is 16.4. The Balaban J connectivity index is 2.20. The molecule has 0 aromatic heterocycles. The highest BCUT2D eigenvalue weighted by atomic mass is 32.2. The monoisotopic (exact) mass is 315 g/mol. The SMILES string of the molecule is COc1ccc2ccccc2c1/C=C1\N=C(SC)SC1=O. The Morgan fingerprint density at radius 1 is 1.24 bits per heavy atom. The van der Waals surface area contributed by atoms with Crippen molar-refractivity contribution in [3.05, 3.63) is 47.7 Å². The number of aliphatic imine (C=N–C) groups is 1. The van der Waals surface area contributed by atoms with Crippen LogP contribution in [0, 0.1) is 0 Å². The zero-order chi connectivity index (χ0) is 14.8. The number of ether oxygens (including phenoxy) is 1. The zero-order valence-corrected chi connectivity index (χ0v) is 13.3. The average molecular weight is 315 g/mol. The number of thioether (sulfide) groups is 2. The first kappa shape index (κ1) is 14.2. The van der Waals surface area contributed by atoms with Gasteiger partial charge >= 0.3 is 0 Å². The molecule has 0 unspecified atom stereocenters. The van der Waals surface area contributed by atoms with E-state index in [0.717, 1.165) is 26.5 Å². The van der Waals surface area contributed by atoms with Crippen molar-refractivity contribution in [3.63, 3.8) is 0 Å². The normalized spacial score (nSPS) is 16.6. The Hall–Kier alpha value is -1.72. The Morgan fingerprint density at radius 2 is 2.05 bits per heavy atom. The summed E-state index contributed by atoms with van der Waals surface area (Å²) < 4.78 is 6.22. The van der Waals surface area contributed by atoms with Crippen LogP contribution in [-0.4, -0.2) is 22.9 Å². The fraction of sp³-hybridized carbons (Fsp3) is 0.125. The van der Waals surface area contributed by atoms with Crippen LogP contribution in [0.2, 0.25) is 0 Å². The van der Waals surface area contributed by atoms with E-state index in [0.29, 0.717) is 5.70 Å². The predicted molar refractivity (Wildman–Crippen MR) is 92.0 cm³/mol. The number of hydrogen-bond donors (Lipinski definition) is 0. The van der Waals surface area contributed by atoms with Crippen molar-refractivity contribution < 1.29 is 9.53 Å². The third kappa shape index (κ3) is 2.71. The lowest BCUT2D eigenvalue weighted by molar-refractivity contribution is -0.107. The van der Waals surface area contributed by atoms with Gasteiger partial charge in [0.2, 0.25) is 5.12 Å². The Morgan fingerprint density at radius 3 is 2.76 bits per heavy atom. The third-order valence-corrected chi connectivity index (χ3v) is 5.06. The maximum atomic E-state index is 12.0. The van der Waals surface area contributed by atoms with Crippen LogP contribution in [0.3, 0.4) is 0 Å². The van der Waals surface area contributed by atoms with Gasteiger partial charge in [-0.25, -0.2) is 4.99 Å². The molecule has 0 saturated carbocycles. The molecule has 5 heteroatoms. The largest absolute Gasteiger partial charge is 0.496 e. The van der Waals surface area contributed by atoms with Crippen molar-refractivity contribution >= 4 is 49.9 Å². The molecule has 2 aromatic carbocycles. The minimum Gasteiger partial charge on any atom is -0.496 e. The number of carbonyl (C=O) groups is 1. The standard InChI is InChI=1S/C16H13NO2S2/c1-19-14-8-7-10-5-3-4-6-11(10)12(14)9-13-15(18)21-16(17-13)20-2/h3-9H,1-2H3/b13-9-. The van der Waals surface area contributed by atoms with Crippen molar-refractivity contribution in [2.24, 2.45) is 4.99 Å². The van der Waals surface area contributed by atoms with Crippen LogP contribution >= 0.6 is 23.5 Å².